The van der Waals surface area contributed by atoms with Crippen LogP contribution < -0.4 is 5.32 Å². The van der Waals surface area contributed by atoms with Gasteiger partial charge in [-0.25, -0.2) is 10.1 Å². The highest BCUT2D eigenvalue weighted by atomic mass is 35.5. The van der Waals surface area contributed by atoms with E-state index in [1.807, 2.05) is 0 Å². The number of hydrazine groups is 1. The first-order valence-corrected chi connectivity index (χ1v) is 10.2. The minimum atomic E-state index is -4.56. The van der Waals surface area contributed by atoms with Crippen LogP contribution in [0.5, 0.6) is 0 Å². The van der Waals surface area contributed by atoms with Gasteiger partial charge in [0.05, 0.1) is 22.0 Å². The summed E-state index contributed by atoms with van der Waals surface area (Å²) in [6, 6.07) is 2.58. The summed E-state index contributed by atoms with van der Waals surface area (Å²) in [5, 5.41) is 26.6. The van der Waals surface area contributed by atoms with Crippen molar-refractivity contribution in [3.05, 3.63) is 40.2 Å². The molecule has 3 N–H and O–H groups in total. The number of hydrogen-bond acceptors (Lipinski definition) is 8. The van der Waals surface area contributed by atoms with E-state index in [1.165, 1.54) is 16.9 Å². The van der Waals surface area contributed by atoms with E-state index in [1.54, 1.807) is 5.01 Å². The van der Waals surface area contributed by atoms with Crippen LogP contribution in [-0.4, -0.2) is 83.8 Å². The molecule has 10 nitrogen and oxygen atoms in total. The van der Waals surface area contributed by atoms with Crippen molar-refractivity contribution in [2.24, 2.45) is 10.1 Å². The Hall–Kier alpha value is -3.45. The predicted octanol–water partition coefficient (Wildman–Crippen LogP) is 2.78. The summed E-state index contributed by atoms with van der Waals surface area (Å²) < 4.78 is 38.3. The number of benzene rings is 1. The van der Waals surface area contributed by atoms with Gasteiger partial charge in [0.2, 0.25) is 5.91 Å². The molecule has 0 unspecified atom stereocenters. The maximum absolute atomic E-state index is 12.8. The minimum Gasteiger partial charge on any atom is -0.504 e. The van der Waals surface area contributed by atoms with Gasteiger partial charge < -0.3 is 15.3 Å². The van der Waals surface area contributed by atoms with Crippen molar-refractivity contribution in [2.45, 2.75) is 13.1 Å². The second-order valence-electron chi connectivity index (χ2n) is 7.13. The van der Waals surface area contributed by atoms with Gasteiger partial charge in [0.1, 0.15) is 6.54 Å². The van der Waals surface area contributed by atoms with Crippen LogP contribution in [0, 0.1) is 5.41 Å². The Morgan fingerprint density at radius 2 is 1.88 bits per heavy atom. The third-order valence-electron chi connectivity index (χ3n) is 4.92. The molecule has 1 aliphatic rings. The molecule has 1 aliphatic heterocycles. The standard InChI is InChI=1S/C20H23ClF3N7O3/c1-12(26-2)18(33)17(25)19(34)29-6-8-30(9-7-29)31(27-3)11-16(32)28-15-5-4-13(10-14(15)21)20(22,23)24/h4-5,10,25,33H,2-3,6-9,11H2,1H3,(H,28,32)/b18-12+,25-17?. The molecular formula is C20H23ClF3N7O3. The maximum atomic E-state index is 12.8. The van der Waals surface area contributed by atoms with Crippen molar-refractivity contribution in [1.82, 2.24) is 15.0 Å². The zero-order valence-electron chi connectivity index (χ0n) is 18.2. The van der Waals surface area contributed by atoms with Crippen molar-refractivity contribution in [2.75, 3.05) is 38.0 Å². The highest BCUT2D eigenvalue weighted by Gasteiger charge is 2.31. The molecule has 0 bridgehead atoms. The zero-order valence-corrected chi connectivity index (χ0v) is 18.9. The van der Waals surface area contributed by atoms with Crippen LogP contribution in [0.15, 0.2) is 39.7 Å². The number of hydrogen-bond donors (Lipinski definition) is 3. The molecule has 0 spiro atoms. The molecule has 34 heavy (non-hydrogen) atoms. The average Bonchev–Trinajstić information content (AvgIpc) is 2.81. The molecule has 1 aromatic carbocycles. The number of nitrogens with one attached hydrogen (secondary N) is 2. The molecule has 1 saturated heterocycles. The first-order chi connectivity index (χ1) is 15.9. The Morgan fingerprint density at radius 1 is 1.26 bits per heavy atom. The number of aliphatic imine (C=N–C) groups is 1. The summed E-state index contributed by atoms with van der Waals surface area (Å²) in [5.41, 5.74) is -1.48. The number of carbonyl (C=O) groups excluding carboxylic acids is 2. The second kappa shape index (κ2) is 11.1. The molecule has 2 amide bonds. The van der Waals surface area contributed by atoms with E-state index < -0.39 is 35.0 Å². The topological polar surface area (TPSA) is 125 Å². The van der Waals surface area contributed by atoms with Gasteiger partial charge in [0.15, 0.2) is 11.5 Å². The Bertz CT molecular complexity index is 1020. The molecular weight excluding hydrogens is 479 g/mol. The van der Waals surface area contributed by atoms with Crippen LogP contribution in [-0.2, 0) is 15.8 Å². The number of amides is 2. The van der Waals surface area contributed by atoms with Crippen molar-refractivity contribution < 1.29 is 27.9 Å². The molecule has 0 radical (unpaired) electrons. The molecule has 1 aromatic rings. The second-order valence-corrected chi connectivity index (χ2v) is 7.53. The largest absolute Gasteiger partial charge is 0.504 e. The summed E-state index contributed by atoms with van der Waals surface area (Å²) in [5.74, 6) is -1.85. The van der Waals surface area contributed by atoms with E-state index >= 15 is 0 Å². The van der Waals surface area contributed by atoms with Crippen LogP contribution >= 0.6 is 11.6 Å². The van der Waals surface area contributed by atoms with Crippen molar-refractivity contribution >= 4 is 48.2 Å². The van der Waals surface area contributed by atoms with Gasteiger partial charge in [0.25, 0.3) is 5.91 Å². The quantitative estimate of drug-likeness (QED) is 0.287. The van der Waals surface area contributed by atoms with E-state index in [9.17, 15) is 27.9 Å². The van der Waals surface area contributed by atoms with E-state index in [0.717, 1.165) is 12.1 Å². The number of hydrazone groups is 1. The van der Waals surface area contributed by atoms with E-state index in [2.05, 4.69) is 28.8 Å². The third kappa shape index (κ3) is 6.54. The summed E-state index contributed by atoms with van der Waals surface area (Å²) in [6.45, 7) is 8.61. The summed E-state index contributed by atoms with van der Waals surface area (Å²) in [7, 11) is 0. The lowest BCUT2D eigenvalue weighted by molar-refractivity contribution is -0.137. The van der Waals surface area contributed by atoms with Crippen LogP contribution in [0.2, 0.25) is 5.02 Å². The van der Waals surface area contributed by atoms with Gasteiger partial charge in [-0.05, 0) is 31.8 Å². The van der Waals surface area contributed by atoms with Gasteiger partial charge in [0, 0.05) is 32.9 Å². The summed E-state index contributed by atoms with van der Waals surface area (Å²) in [4.78, 5) is 29.7. The van der Waals surface area contributed by atoms with E-state index in [0.29, 0.717) is 6.07 Å². The van der Waals surface area contributed by atoms with Gasteiger partial charge in [-0.2, -0.15) is 18.3 Å². The Morgan fingerprint density at radius 3 is 2.38 bits per heavy atom. The molecule has 184 valence electrons. The first kappa shape index (κ1) is 26.8. The number of alkyl halides is 3. The number of halogens is 4. The van der Waals surface area contributed by atoms with E-state index in [4.69, 9.17) is 17.0 Å². The van der Waals surface area contributed by atoms with Crippen LogP contribution in [0.4, 0.5) is 18.9 Å². The predicted molar refractivity (Wildman–Crippen MR) is 122 cm³/mol. The highest BCUT2D eigenvalue weighted by Crippen LogP contribution is 2.33. The van der Waals surface area contributed by atoms with Gasteiger partial charge in [-0.15, -0.1) is 0 Å². The molecule has 1 fully saturated rings. The number of rotatable bonds is 8. The lowest BCUT2D eigenvalue weighted by Crippen LogP contribution is -2.55. The average molecular weight is 502 g/mol. The molecule has 0 aliphatic carbocycles. The van der Waals surface area contributed by atoms with Gasteiger partial charge in [-0.1, -0.05) is 11.6 Å². The molecule has 14 heteroatoms. The summed E-state index contributed by atoms with van der Waals surface area (Å²) in [6.07, 6.45) is -4.56. The molecule has 0 saturated carbocycles. The number of anilines is 1. The van der Waals surface area contributed by atoms with Crippen LogP contribution in [0.1, 0.15) is 12.5 Å². The fourth-order valence-corrected chi connectivity index (χ4v) is 3.22. The third-order valence-corrected chi connectivity index (χ3v) is 5.23. The zero-order chi connectivity index (χ0) is 25.6. The molecule has 0 atom stereocenters. The number of carbonyl (C=O) groups is 2. The van der Waals surface area contributed by atoms with Crippen molar-refractivity contribution in [3.63, 3.8) is 0 Å². The van der Waals surface area contributed by atoms with Gasteiger partial charge in [-0.3, -0.25) is 20.0 Å². The normalized spacial score (nSPS) is 15.3. The highest BCUT2D eigenvalue weighted by molar-refractivity contribution is 6.43. The lowest BCUT2D eigenvalue weighted by atomic mass is 10.2. The van der Waals surface area contributed by atoms with E-state index in [-0.39, 0.29) is 49.1 Å². The smallest absolute Gasteiger partial charge is 0.416 e. The monoisotopic (exact) mass is 501 g/mol. The lowest BCUT2D eigenvalue weighted by Gasteiger charge is -2.39. The SMILES string of the molecule is C=N/C(C)=C(/O)C(=N)C(=O)N1CCN(N(CC(=O)Nc2ccc(C(F)(F)F)cc2Cl)N=C)CC1. The van der Waals surface area contributed by atoms with Crippen LogP contribution in [0.3, 0.4) is 0 Å². The fourth-order valence-electron chi connectivity index (χ4n) is 3.00. The minimum absolute atomic E-state index is 0.00905. The van der Waals surface area contributed by atoms with Crippen LogP contribution in [0.25, 0.3) is 0 Å². The summed E-state index contributed by atoms with van der Waals surface area (Å²) >= 11 is 5.86. The first-order valence-electron chi connectivity index (χ1n) is 9.79. The number of aliphatic hydroxyl groups is 1. The Balaban J connectivity index is 1.95. The van der Waals surface area contributed by atoms with Gasteiger partial charge >= 0.3 is 6.18 Å². The molecule has 0 aromatic heterocycles. The number of allylic oxidation sites excluding steroid dienone is 1. The van der Waals surface area contributed by atoms with Crippen molar-refractivity contribution in [1.29, 1.82) is 5.41 Å². The Labute approximate surface area is 198 Å². The van der Waals surface area contributed by atoms with Crippen molar-refractivity contribution in [3.8, 4) is 0 Å². The number of piperazine rings is 1. The molecule has 1 heterocycles. The fraction of sp³-hybridized carbons (Fsp3) is 0.350. The number of aliphatic hydroxyl groups excluding tert-OH is 1. The molecule has 2 rings (SSSR count). The Kier molecular flexibility index (Phi) is 8.76. The number of nitrogens with zero attached hydrogens (tertiary/aromatic N) is 5. The maximum Gasteiger partial charge on any atom is 0.416 e.